The second kappa shape index (κ2) is 5.22. The van der Waals surface area contributed by atoms with Gasteiger partial charge in [0.2, 0.25) is 0 Å². The first-order valence-electron chi connectivity index (χ1n) is 6.35. The zero-order valence-corrected chi connectivity index (χ0v) is 11.3. The van der Waals surface area contributed by atoms with Gasteiger partial charge in [0, 0.05) is 12.6 Å². The number of hydrogen-bond donors (Lipinski definition) is 1. The zero-order valence-electron chi connectivity index (χ0n) is 11.3. The molecule has 0 fully saturated rings. The maximum absolute atomic E-state index is 12.3. The van der Waals surface area contributed by atoms with Gasteiger partial charge in [0.05, 0.1) is 11.0 Å². The number of hydrogen-bond acceptors (Lipinski definition) is 3. The fourth-order valence-corrected chi connectivity index (χ4v) is 1.98. The summed E-state index contributed by atoms with van der Waals surface area (Å²) in [4.78, 5) is 28.5. The van der Waals surface area contributed by atoms with Crippen molar-refractivity contribution in [3.63, 3.8) is 0 Å². The first kappa shape index (κ1) is 13.3. The van der Waals surface area contributed by atoms with Crippen LogP contribution in [0.4, 0.5) is 0 Å². The van der Waals surface area contributed by atoms with Crippen LogP contribution in [0.1, 0.15) is 31.3 Å². The molecule has 0 unspecified atom stereocenters. The Hall–Kier alpha value is -2.17. The van der Waals surface area contributed by atoms with Gasteiger partial charge in [0.15, 0.2) is 5.69 Å². The quantitative estimate of drug-likeness (QED) is 0.909. The van der Waals surface area contributed by atoms with Gasteiger partial charge in [-0.2, -0.15) is 0 Å². The smallest absolute Gasteiger partial charge is 0.282 e. The molecule has 0 saturated heterocycles. The van der Waals surface area contributed by atoms with Gasteiger partial charge in [-0.25, -0.2) is 4.98 Å². The molecule has 0 atom stereocenters. The number of nitrogens with zero attached hydrogens (tertiary/aromatic N) is 2. The molecular formula is C14H17N3O2. The minimum atomic E-state index is -0.423. The molecule has 0 saturated carbocycles. The normalized spacial score (nSPS) is 10.9. The summed E-state index contributed by atoms with van der Waals surface area (Å²) in [5, 5.41) is 2.70. The molecule has 1 aromatic carbocycles. The number of carbonyl (C=O) groups is 1. The third-order valence-corrected chi connectivity index (χ3v) is 2.80. The SMILES string of the molecule is CCn1c(=O)c(C(=O)NC(C)C)nc2ccccc21. The number of aryl methyl sites for hydroxylation is 1. The van der Waals surface area contributed by atoms with Crippen LogP contribution in [0.15, 0.2) is 29.1 Å². The van der Waals surface area contributed by atoms with E-state index in [0.29, 0.717) is 12.1 Å². The molecule has 1 aromatic heterocycles. The van der Waals surface area contributed by atoms with Crippen LogP contribution in [0.3, 0.4) is 0 Å². The lowest BCUT2D eigenvalue weighted by atomic mass is 10.2. The molecule has 0 radical (unpaired) electrons. The van der Waals surface area contributed by atoms with Crippen LogP contribution >= 0.6 is 0 Å². The molecule has 1 heterocycles. The molecule has 1 amide bonds. The summed E-state index contributed by atoms with van der Waals surface area (Å²) in [7, 11) is 0. The highest BCUT2D eigenvalue weighted by molar-refractivity contribution is 5.94. The molecule has 19 heavy (non-hydrogen) atoms. The lowest BCUT2D eigenvalue weighted by molar-refractivity contribution is 0.0936. The summed E-state index contributed by atoms with van der Waals surface area (Å²) in [5.41, 5.74) is 1.00. The number of carbonyl (C=O) groups excluding carboxylic acids is 1. The third kappa shape index (κ3) is 2.50. The Balaban J connectivity index is 2.66. The summed E-state index contributed by atoms with van der Waals surface area (Å²) < 4.78 is 1.57. The Bertz CT molecular complexity index is 674. The van der Waals surface area contributed by atoms with Gasteiger partial charge in [0.1, 0.15) is 0 Å². The van der Waals surface area contributed by atoms with Crippen molar-refractivity contribution in [3.05, 3.63) is 40.3 Å². The molecule has 1 N–H and O–H groups in total. The topological polar surface area (TPSA) is 64.0 Å². The van der Waals surface area contributed by atoms with Gasteiger partial charge < -0.3 is 9.88 Å². The van der Waals surface area contributed by atoms with E-state index in [2.05, 4.69) is 10.3 Å². The second-order valence-corrected chi connectivity index (χ2v) is 4.63. The minimum Gasteiger partial charge on any atom is -0.348 e. The Labute approximate surface area is 111 Å². The third-order valence-electron chi connectivity index (χ3n) is 2.80. The number of amides is 1. The molecule has 0 aliphatic heterocycles. The molecule has 0 aliphatic carbocycles. The van der Waals surface area contributed by atoms with Crippen molar-refractivity contribution in [1.82, 2.24) is 14.9 Å². The van der Waals surface area contributed by atoms with Crippen molar-refractivity contribution in [2.75, 3.05) is 0 Å². The number of aromatic nitrogens is 2. The molecule has 0 aliphatic rings. The maximum atomic E-state index is 12.3. The van der Waals surface area contributed by atoms with Crippen molar-refractivity contribution < 1.29 is 4.79 Å². The maximum Gasteiger partial charge on any atom is 0.282 e. The molecule has 5 heteroatoms. The average Bonchev–Trinajstić information content (AvgIpc) is 2.37. The van der Waals surface area contributed by atoms with E-state index in [1.165, 1.54) is 0 Å². The van der Waals surface area contributed by atoms with Crippen LogP contribution in [0.5, 0.6) is 0 Å². The zero-order chi connectivity index (χ0) is 14.0. The van der Waals surface area contributed by atoms with Crippen molar-refractivity contribution >= 4 is 16.9 Å². The average molecular weight is 259 g/mol. The Morgan fingerprint density at radius 2 is 2.05 bits per heavy atom. The Kier molecular flexibility index (Phi) is 3.64. The first-order valence-corrected chi connectivity index (χ1v) is 6.35. The molecule has 2 aromatic rings. The van der Waals surface area contributed by atoms with Gasteiger partial charge in [-0.05, 0) is 32.9 Å². The number of benzene rings is 1. The summed E-state index contributed by atoms with van der Waals surface area (Å²) in [5.74, 6) is -0.423. The van der Waals surface area contributed by atoms with E-state index in [1.807, 2.05) is 39.0 Å². The van der Waals surface area contributed by atoms with E-state index in [0.717, 1.165) is 5.52 Å². The van der Waals surface area contributed by atoms with Gasteiger partial charge >= 0.3 is 0 Å². The van der Waals surface area contributed by atoms with Crippen LogP contribution in [0.2, 0.25) is 0 Å². The van der Waals surface area contributed by atoms with Crippen molar-refractivity contribution in [2.24, 2.45) is 0 Å². The summed E-state index contributed by atoms with van der Waals surface area (Å²) in [6.07, 6.45) is 0. The predicted molar refractivity (Wildman–Crippen MR) is 74.3 cm³/mol. The highest BCUT2D eigenvalue weighted by Gasteiger charge is 2.17. The molecule has 0 bridgehead atoms. The minimum absolute atomic E-state index is 0.0322. The van der Waals surface area contributed by atoms with Crippen molar-refractivity contribution in [2.45, 2.75) is 33.4 Å². The lowest BCUT2D eigenvalue weighted by Gasteiger charge is -2.11. The molecular weight excluding hydrogens is 242 g/mol. The highest BCUT2D eigenvalue weighted by atomic mass is 16.2. The molecule has 100 valence electrons. The standard InChI is InChI=1S/C14H17N3O2/c1-4-17-11-8-6-5-7-10(11)16-12(14(17)19)13(18)15-9(2)3/h5-9H,4H2,1-3H3,(H,15,18). The molecule has 5 nitrogen and oxygen atoms in total. The Morgan fingerprint density at radius 1 is 1.37 bits per heavy atom. The number of rotatable bonds is 3. The summed E-state index contributed by atoms with van der Waals surface area (Å²) in [6, 6.07) is 7.29. The van der Waals surface area contributed by atoms with Gasteiger partial charge in [-0.15, -0.1) is 0 Å². The van der Waals surface area contributed by atoms with Crippen LogP contribution in [-0.2, 0) is 6.54 Å². The van der Waals surface area contributed by atoms with Crippen LogP contribution < -0.4 is 10.9 Å². The van der Waals surface area contributed by atoms with E-state index in [-0.39, 0.29) is 17.3 Å². The lowest BCUT2D eigenvalue weighted by Crippen LogP contribution is -2.37. The van der Waals surface area contributed by atoms with E-state index < -0.39 is 5.91 Å². The van der Waals surface area contributed by atoms with E-state index in [9.17, 15) is 9.59 Å². The highest BCUT2D eigenvalue weighted by Crippen LogP contribution is 2.09. The van der Waals surface area contributed by atoms with Gasteiger partial charge in [-0.3, -0.25) is 9.59 Å². The van der Waals surface area contributed by atoms with Crippen LogP contribution in [0.25, 0.3) is 11.0 Å². The monoisotopic (exact) mass is 259 g/mol. The number of para-hydroxylation sites is 2. The largest absolute Gasteiger partial charge is 0.348 e. The fourth-order valence-electron chi connectivity index (χ4n) is 1.98. The molecule has 0 spiro atoms. The van der Waals surface area contributed by atoms with E-state index >= 15 is 0 Å². The Morgan fingerprint density at radius 3 is 2.68 bits per heavy atom. The van der Waals surface area contributed by atoms with Crippen molar-refractivity contribution in [1.29, 1.82) is 0 Å². The van der Waals surface area contributed by atoms with E-state index in [1.54, 1.807) is 10.6 Å². The van der Waals surface area contributed by atoms with Crippen LogP contribution in [-0.4, -0.2) is 21.5 Å². The summed E-state index contributed by atoms with van der Waals surface area (Å²) in [6.45, 7) is 6.07. The summed E-state index contributed by atoms with van der Waals surface area (Å²) >= 11 is 0. The van der Waals surface area contributed by atoms with Gasteiger partial charge in [0.25, 0.3) is 11.5 Å². The first-order chi connectivity index (χ1) is 9.04. The van der Waals surface area contributed by atoms with Crippen LogP contribution in [0, 0.1) is 0 Å². The van der Waals surface area contributed by atoms with Crippen molar-refractivity contribution in [3.8, 4) is 0 Å². The number of nitrogens with one attached hydrogen (secondary N) is 1. The second-order valence-electron chi connectivity index (χ2n) is 4.63. The van der Waals surface area contributed by atoms with E-state index in [4.69, 9.17) is 0 Å². The predicted octanol–water partition coefficient (Wildman–Crippen LogP) is 1.55. The molecule has 2 rings (SSSR count). The fraction of sp³-hybridized carbons (Fsp3) is 0.357. The van der Waals surface area contributed by atoms with Gasteiger partial charge in [-0.1, -0.05) is 12.1 Å². The number of fused-ring (bicyclic) bond motifs is 1.